The molecule has 0 aliphatic carbocycles. The van der Waals surface area contributed by atoms with Gasteiger partial charge in [-0.2, -0.15) is 0 Å². The fourth-order valence-corrected chi connectivity index (χ4v) is 3.25. The molecule has 1 N–H and O–H groups in total. The molecule has 2 aliphatic heterocycles. The van der Waals surface area contributed by atoms with Crippen LogP contribution in [0, 0.1) is 0 Å². The van der Waals surface area contributed by atoms with E-state index in [-0.39, 0.29) is 12.5 Å². The predicted octanol–water partition coefficient (Wildman–Crippen LogP) is 2.10. The minimum absolute atomic E-state index is 0.0405. The van der Waals surface area contributed by atoms with Crippen LogP contribution in [0.1, 0.15) is 30.4 Å². The molecule has 2 aliphatic rings. The highest BCUT2D eigenvalue weighted by Gasteiger charge is 2.37. The van der Waals surface area contributed by atoms with Crippen molar-refractivity contribution in [1.82, 2.24) is 9.80 Å². The van der Waals surface area contributed by atoms with Crippen LogP contribution in [0.4, 0.5) is 4.79 Å². The highest BCUT2D eigenvalue weighted by molar-refractivity contribution is 5.77. The molecule has 2 heterocycles. The topological polar surface area (TPSA) is 60.9 Å². The molecule has 2 saturated heterocycles. The van der Waals surface area contributed by atoms with Crippen LogP contribution in [0.3, 0.4) is 0 Å². The number of carbonyl (C=O) groups is 2. The molecule has 0 saturated carbocycles. The minimum Gasteiger partial charge on any atom is -0.481 e. The van der Waals surface area contributed by atoms with Crippen LogP contribution < -0.4 is 0 Å². The summed E-state index contributed by atoms with van der Waals surface area (Å²) in [6, 6.07) is 8.03. The molecule has 0 unspecified atom stereocenters. The summed E-state index contributed by atoms with van der Waals surface area (Å²) < 4.78 is 0. The van der Waals surface area contributed by atoms with Gasteiger partial charge in [0, 0.05) is 19.6 Å². The van der Waals surface area contributed by atoms with Gasteiger partial charge in [0.2, 0.25) is 0 Å². The summed E-state index contributed by atoms with van der Waals surface area (Å²) in [5.74, 6) is -0.825. The van der Waals surface area contributed by atoms with E-state index in [0.29, 0.717) is 12.6 Å². The maximum absolute atomic E-state index is 12.3. The number of hydrogen-bond acceptors (Lipinski definition) is 2. The molecule has 1 atom stereocenters. The number of hydrogen-bond donors (Lipinski definition) is 1. The van der Waals surface area contributed by atoms with Crippen molar-refractivity contribution in [3.05, 3.63) is 35.4 Å². The summed E-state index contributed by atoms with van der Waals surface area (Å²) in [6.07, 6.45) is 3.48. The minimum atomic E-state index is -0.825. The Labute approximate surface area is 124 Å². The number of nitrogens with zero attached hydrogens (tertiary/aromatic N) is 2. The molecule has 112 valence electrons. The third kappa shape index (κ3) is 3.01. The smallest absolute Gasteiger partial charge is 0.320 e. The molecule has 0 bridgehead atoms. The van der Waals surface area contributed by atoms with Crippen molar-refractivity contribution in [3.63, 3.8) is 0 Å². The Kier molecular flexibility index (Phi) is 3.82. The molecule has 1 aromatic carbocycles. The number of aliphatic carboxylic acids is 1. The highest BCUT2D eigenvalue weighted by Crippen LogP contribution is 2.26. The van der Waals surface area contributed by atoms with Gasteiger partial charge in [0.15, 0.2) is 0 Å². The molecular weight excluding hydrogens is 268 g/mol. The molecule has 5 nitrogen and oxygen atoms in total. The number of piperidine rings is 1. The first-order chi connectivity index (χ1) is 10.1. The highest BCUT2D eigenvalue weighted by atomic mass is 16.4. The van der Waals surface area contributed by atoms with E-state index in [1.165, 1.54) is 6.42 Å². The first-order valence-corrected chi connectivity index (χ1v) is 7.48. The Morgan fingerprint density at radius 3 is 2.57 bits per heavy atom. The largest absolute Gasteiger partial charge is 0.481 e. The van der Waals surface area contributed by atoms with Gasteiger partial charge < -0.3 is 14.9 Å². The summed E-state index contributed by atoms with van der Waals surface area (Å²) in [7, 11) is 0. The Morgan fingerprint density at radius 2 is 1.90 bits per heavy atom. The van der Waals surface area contributed by atoms with Crippen molar-refractivity contribution in [3.8, 4) is 0 Å². The van der Waals surface area contributed by atoms with E-state index in [0.717, 1.165) is 37.1 Å². The number of benzene rings is 1. The average Bonchev–Trinajstić information content (AvgIpc) is 2.78. The number of amides is 2. The van der Waals surface area contributed by atoms with Crippen molar-refractivity contribution in [2.24, 2.45) is 0 Å². The average molecular weight is 288 g/mol. The van der Waals surface area contributed by atoms with Gasteiger partial charge in [-0.15, -0.1) is 0 Å². The molecule has 0 aromatic heterocycles. The van der Waals surface area contributed by atoms with Crippen molar-refractivity contribution < 1.29 is 14.7 Å². The molecule has 21 heavy (non-hydrogen) atoms. The van der Waals surface area contributed by atoms with E-state index in [4.69, 9.17) is 5.11 Å². The van der Waals surface area contributed by atoms with Gasteiger partial charge in [0.25, 0.3) is 0 Å². The van der Waals surface area contributed by atoms with Crippen LogP contribution >= 0.6 is 0 Å². The third-order valence-corrected chi connectivity index (χ3v) is 4.33. The zero-order valence-electron chi connectivity index (χ0n) is 12.0. The lowest BCUT2D eigenvalue weighted by molar-refractivity contribution is -0.136. The molecule has 1 aromatic rings. The normalized spacial score (nSPS) is 21.5. The molecule has 0 spiro atoms. The maximum Gasteiger partial charge on any atom is 0.320 e. The Bertz CT molecular complexity index is 541. The third-order valence-electron chi connectivity index (χ3n) is 4.33. The van der Waals surface area contributed by atoms with Gasteiger partial charge in [0.05, 0.1) is 12.5 Å². The van der Waals surface area contributed by atoms with Gasteiger partial charge in [-0.05, 0) is 30.4 Å². The Hall–Kier alpha value is -2.04. The van der Waals surface area contributed by atoms with Crippen molar-refractivity contribution in [1.29, 1.82) is 0 Å². The van der Waals surface area contributed by atoms with E-state index in [1.54, 1.807) is 0 Å². The monoisotopic (exact) mass is 288 g/mol. The Balaban J connectivity index is 1.64. The molecular formula is C16H20N2O3. The predicted molar refractivity (Wildman–Crippen MR) is 77.9 cm³/mol. The molecule has 3 rings (SSSR count). The van der Waals surface area contributed by atoms with E-state index < -0.39 is 5.97 Å². The van der Waals surface area contributed by atoms with Crippen LogP contribution in [0.25, 0.3) is 0 Å². The van der Waals surface area contributed by atoms with Crippen molar-refractivity contribution >= 4 is 12.0 Å². The van der Waals surface area contributed by atoms with Crippen LogP contribution in [0.5, 0.6) is 0 Å². The SMILES string of the molecule is O=C(O)Cc1ccc(CN2C[C@@H]3CCCCN3C2=O)cc1. The Morgan fingerprint density at radius 1 is 1.19 bits per heavy atom. The van der Waals surface area contributed by atoms with E-state index in [9.17, 15) is 9.59 Å². The first-order valence-electron chi connectivity index (χ1n) is 7.48. The summed E-state index contributed by atoms with van der Waals surface area (Å²) in [5.41, 5.74) is 1.84. The first kappa shape index (κ1) is 13.9. The fourth-order valence-electron chi connectivity index (χ4n) is 3.25. The number of rotatable bonds is 4. The van der Waals surface area contributed by atoms with E-state index >= 15 is 0 Å². The zero-order chi connectivity index (χ0) is 14.8. The van der Waals surface area contributed by atoms with Gasteiger partial charge in [-0.25, -0.2) is 4.79 Å². The number of fused-ring (bicyclic) bond motifs is 1. The van der Waals surface area contributed by atoms with Crippen molar-refractivity contribution in [2.75, 3.05) is 13.1 Å². The standard InChI is InChI=1S/C16H20N2O3/c19-15(20)9-12-4-6-13(7-5-12)10-17-11-14-3-1-2-8-18(14)16(17)21/h4-7,14H,1-3,8-11H2,(H,19,20)/t14-/m0/s1. The fraction of sp³-hybridized carbons (Fsp3) is 0.500. The van der Waals surface area contributed by atoms with Crippen LogP contribution in [-0.2, 0) is 17.8 Å². The molecule has 2 fully saturated rings. The maximum atomic E-state index is 12.3. The lowest BCUT2D eigenvalue weighted by Gasteiger charge is -2.27. The van der Waals surface area contributed by atoms with Gasteiger partial charge >= 0.3 is 12.0 Å². The second-order valence-electron chi connectivity index (χ2n) is 5.89. The number of carboxylic acids is 1. The second-order valence-corrected chi connectivity index (χ2v) is 5.89. The quantitative estimate of drug-likeness (QED) is 0.923. The molecule has 5 heteroatoms. The van der Waals surface area contributed by atoms with Gasteiger partial charge in [-0.3, -0.25) is 4.79 Å². The lowest BCUT2D eigenvalue weighted by Crippen LogP contribution is -2.38. The van der Waals surface area contributed by atoms with Crippen molar-refractivity contribution in [2.45, 2.75) is 38.3 Å². The lowest BCUT2D eigenvalue weighted by atomic mass is 10.0. The number of carbonyl (C=O) groups excluding carboxylic acids is 1. The van der Waals surface area contributed by atoms with Gasteiger partial charge in [0.1, 0.15) is 0 Å². The van der Waals surface area contributed by atoms with Gasteiger partial charge in [-0.1, -0.05) is 24.3 Å². The summed E-state index contributed by atoms with van der Waals surface area (Å²) in [5, 5.41) is 8.76. The summed E-state index contributed by atoms with van der Waals surface area (Å²) in [6.45, 7) is 2.31. The molecule has 2 amide bonds. The summed E-state index contributed by atoms with van der Waals surface area (Å²) in [4.78, 5) is 26.9. The van der Waals surface area contributed by atoms with E-state index in [2.05, 4.69) is 0 Å². The van der Waals surface area contributed by atoms with Crippen LogP contribution in [0.15, 0.2) is 24.3 Å². The number of carboxylic acid groups (broad SMARTS) is 1. The summed E-state index contributed by atoms with van der Waals surface area (Å²) >= 11 is 0. The van der Waals surface area contributed by atoms with Crippen LogP contribution in [0.2, 0.25) is 0 Å². The van der Waals surface area contributed by atoms with E-state index in [1.807, 2.05) is 34.1 Å². The molecule has 0 radical (unpaired) electrons. The van der Waals surface area contributed by atoms with Crippen LogP contribution in [-0.4, -0.2) is 46.0 Å². The zero-order valence-corrected chi connectivity index (χ0v) is 12.0. The number of urea groups is 1. The second kappa shape index (κ2) is 5.76.